The van der Waals surface area contributed by atoms with Gasteiger partial charge in [-0.15, -0.1) is 0 Å². The van der Waals surface area contributed by atoms with Gasteiger partial charge in [-0.25, -0.2) is 0 Å². The highest BCUT2D eigenvalue weighted by Gasteiger charge is 2.21. The minimum atomic E-state index is 0.229. The molecule has 0 bridgehead atoms. The molecular weight excluding hydrogens is 204 g/mol. The standard InChI is InChI=1S/C17H20/c1-4-17(2,3)16-13-9-8-12-15(16)14-10-6-5-7-11-14/h5-13H,4H2,1-3H3. The maximum Gasteiger partial charge on any atom is -0.0100 e. The largest absolute Gasteiger partial charge is 0.0646 e. The van der Waals surface area contributed by atoms with Crippen LogP contribution in [-0.2, 0) is 5.41 Å². The Morgan fingerprint density at radius 3 is 2.06 bits per heavy atom. The molecule has 0 nitrogen and oxygen atoms in total. The van der Waals surface area contributed by atoms with Crippen molar-refractivity contribution in [2.75, 3.05) is 0 Å². The third kappa shape index (κ3) is 2.41. The molecule has 0 saturated heterocycles. The summed E-state index contributed by atoms with van der Waals surface area (Å²) in [6.07, 6.45) is 1.15. The van der Waals surface area contributed by atoms with Crippen LogP contribution in [0.1, 0.15) is 32.8 Å². The van der Waals surface area contributed by atoms with Crippen LogP contribution in [0.25, 0.3) is 11.1 Å². The zero-order valence-corrected chi connectivity index (χ0v) is 10.9. The van der Waals surface area contributed by atoms with Crippen LogP contribution in [0, 0.1) is 0 Å². The number of hydrogen-bond donors (Lipinski definition) is 0. The van der Waals surface area contributed by atoms with Gasteiger partial charge in [-0.3, -0.25) is 0 Å². The Hall–Kier alpha value is -1.56. The second-order valence-corrected chi connectivity index (χ2v) is 5.15. The SMILES string of the molecule is CCC(C)(C)c1ccccc1-c1ccccc1. The molecule has 0 saturated carbocycles. The molecule has 0 heteroatoms. The average molecular weight is 224 g/mol. The number of benzene rings is 2. The lowest BCUT2D eigenvalue weighted by molar-refractivity contribution is 0.508. The van der Waals surface area contributed by atoms with Gasteiger partial charge in [0.2, 0.25) is 0 Å². The van der Waals surface area contributed by atoms with E-state index < -0.39 is 0 Å². The van der Waals surface area contributed by atoms with Crippen molar-refractivity contribution < 1.29 is 0 Å². The van der Waals surface area contributed by atoms with Crippen molar-refractivity contribution in [3.05, 3.63) is 60.2 Å². The van der Waals surface area contributed by atoms with Crippen molar-refractivity contribution in [3.8, 4) is 11.1 Å². The Kier molecular flexibility index (Phi) is 3.33. The van der Waals surface area contributed by atoms with Crippen molar-refractivity contribution in [1.82, 2.24) is 0 Å². The molecule has 0 aliphatic carbocycles. The molecule has 0 atom stereocenters. The molecular formula is C17H20. The molecule has 0 aromatic heterocycles. The highest BCUT2D eigenvalue weighted by atomic mass is 14.2. The first-order chi connectivity index (χ1) is 8.15. The fourth-order valence-corrected chi connectivity index (χ4v) is 2.13. The summed E-state index contributed by atoms with van der Waals surface area (Å²) in [4.78, 5) is 0. The number of hydrogen-bond acceptors (Lipinski definition) is 0. The van der Waals surface area contributed by atoms with Crippen molar-refractivity contribution in [2.45, 2.75) is 32.6 Å². The van der Waals surface area contributed by atoms with Gasteiger partial charge in [0.1, 0.15) is 0 Å². The van der Waals surface area contributed by atoms with Gasteiger partial charge in [0.15, 0.2) is 0 Å². The molecule has 2 aromatic carbocycles. The second kappa shape index (κ2) is 4.75. The summed E-state index contributed by atoms with van der Waals surface area (Å²) in [7, 11) is 0. The molecule has 0 unspecified atom stereocenters. The molecule has 0 spiro atoms. The lowest BCUT2D eigenvalue weighted by Crippen LogP contribution is -2.16. The van der Waals surface area contributed by atoms with Crippen molar-refractivity contribution in [1.29, 1.82) is 0 Å². The molecule has 0 fully saturated rings. The summed E-state index contributed by atoms with van der Waals surface area (Å²) in [5.41, 5.74) is 4.34. The van der Waals surface area contributed by atoms with Crippen LogP contribution in [0.3, 0.4) is 0 Å². The fourth-order valence-electron chi connectivity index (χ4n) is 2.13. The predicted octanol–water partition coefficient (Wildman–Crippen LogP) is 5.04. The Balaban J connectivity index is 2.56. The van der Waals surface area contributed by atoms with E-state index in [9.17, 15) is 0 Å². The van der Waals surface area contributed by atoms with Gasteiger partial charge in [0.25, 0.3) is 0 Å². The van der Waals surface area contributed by atoms with E-state index in [2.05, 4.69) is 75.4 Å². The maximum absolute atomic E-state index is 2.31. The summed E-state index contributed by atoms with van der Waals surface area (Å²) in [5, 5.41) is 0. The topological polar surface area (TPSA) is 0 Å². The summed E-state index contributed by atoms with van der Waals surface area (Å²) >= 11 is 0. The zero-order valence-electron chi connectivity index (χ0n) is 10.9. The van der Waals surface area contributed by atoms with E-state index in [0.717, 1.165) is 6.42 Å². The molecule has 2 aromatic rings. The highest BCUT2D eigenvalue weighted by Crippen LogP contribution is 2.34. The zero-order chi connectivity index (χ0) is 12.3. The summed E-state index contributed by atoms with van der Waals surface area (Å²) < 4.78 is 0. The maximum atomic E-state index is 2.31. The van der Waals surface area contributed by atoms with Gasteiger partial charge in [0.05, 0.1) is 0 Å². The molecule has 0 aliphatic heterocycles. The normalized spacial score (nSPS) is 11.5. The second-order valence-electron chi connectivity index (χ2n) is 5.15. The van der Waals surface area contributed by atoms with Crippen molar-refractivity contribution in [3.63, 3.8) is 0 Å². The molecule has 0 heterocycles. The van der Waals surface area contributed by atoms with Crippen LogP contribution in [-0.4, -0.2) is 0 Å². The summed E-state index contributed by atoms with van der Waals surface area (Å²) in [6, 6.07) is 19.4. The van der Waals surface area contributed by atoms with Crippen LogP contribution < -0.4 is 0 Å². The minimum absolute atomic E-state index is 0.229. The summed E-state index contributed by atoms with van der Waals surface area (Å²) in [5.74, 6) is 0. The third-order valence-electron chi connectivity index (χ3n) is 3.62. The van der Waals surface area contributed by atoms with Gasteiger partial charge in [0, 0.05) is 0 Å². The van der Waals surface area contributed by atoms with E-state index in [0.29, 0.717) is 0 Å². The Morgan fingerprint density at radius 1 is 0.824 bits per heavy atom. The van der Waals surface area contributed by atoms with Gasteiger partial charge >= 0.3 is 0 Å². The first-order valence-electron chi connectivity index (χ1n) is 6.30. The Bertz CT molecular complexity index is 480. The Morgan fingerprint density at radius 2 is 1.41 bits per heavy atom. The molecule has 88 valence electrons. The van der Waals surface area contributed by atoms with Crippen molar-refractivity contribution in [2.24, 2.45) is 0 Å². The van der Waals surface area contributed by atoms with Crippen LogP contribution in [0.5, 0.6) is 0 Å². The van der Waals surface area contributed by atoms with Crippen LogP contribution >= 0.6 is 0 Å². The van der Waals surface area contributed by atoms with E-state index in [-0.39, 0.29) is 5.41 Å². The molecule has 0 radical (unpaired) electrons. The minimum Gasteiger partial charge on any atom is -0.0646 e. The molecule has 2 rings (SSSR count). The molecule has 17 heavy (non-hydrogen) atoms. The van der Waals surface area contributed by atoms with Gasteiger partial charge in [-0.05, 0) is 28.5 Å². The fraction of sp³-hybridized carbons (Fsp3) is 0.294. The van der Waals surface area contributed by atoms with E-state index >= 15 is 0 Å². The van der Waals surface area contributed by atoms with Crippen LogP contribution in [0.4, 0.5) is 0 Å². The Labute approximate surface area is 104 Å². The molecule has 0 amide bonds. The molecule has 0 N–H and O–H groups in total. The lowest BCUT2D eigenvalue weighted by Gasteiger charge is -2.26. The first kappa shape index (κ1) is 11.9. The third-order valence-corrected chi connectivity index (χ3v) is 3.62. The van der Waals surface area contributed by atoms with Crippen LogP contribution in [0.15, 0.2) is 54.6 Å². The van der Waals surface area contributed by atoms with E-state index in [1.54, 1.807) is 0 Å². The smallest absolute Gasteiger partial charge is 0.0100 e. The summed E-state index contributed by atoms with van der Waals surface area (Å²) in [6.45, 7) is 6.88. The van der Waals surface area contributed by atoms with Gasteiger partial charge < -0.3 is 0 Å². The van der Waals surface area contributed by atoms with E-state index in [1.165, 1.54) is 16.7 Å². The predicted molar refractivity (Wildman–Crippen MR) is 75.2 cm³/mol. The highest BCUT2D eigenvalue weighted by molar-refractivity contribution is 5.68. The number of rotatable bonds is 3. The van der Waals surface area contributed by atoms with E-state index in [1.807, 2.05) is 0 Å². The quantitative estimate of drug-likeness (QED) is 0.685. The average Bonchev–Trinajstić information content (AvgIpc) is 2.40. The lowest BCUT2D eigenvalue weighted by atomic mass is 9.78. The van der Waals surface area contributed by atoms with Gasteiger partial charge in [-0.1, -0.05) is 75.4 Å². The molecule has 0 aliphatic rings. The van der Waals surface area contributed by atoms with Gasteiger partial charge in [-0.2, -0.15) is 0 Å². The monoisotopic (exact) mass is 224 g/mol. The first-order valence-corrected chi connectivity index (χ1v) is 6.30. The van der Waals surface area contributed by atoms with Crippen LogP contribution in [0.2, 0.25) is 0 Å². The van der Waals surface area contributed by atoms with Crippen molar-refractivity contribution >= 4 is 0 Å². The van der Waals surface area contributed by atoms with E-state index in [4.69, 9.17) is 0 Å².